The van der Waals surface area contributed by atoms with E-state index in [0.29, 0.717) is 0 Å². The molecule has 0 aromatic heterocycles. The number of thiol groups is 1. The molecule has 1 rings (SSSR count). The number of allylic oxidation sites excluding steroid dienone is 2. The molecule has 1 aromatic rings. The van der Waals surface area contributed by atoms with Crippen molar-refractivity contribution in [1.82, 2.24) is 0 Å². The summed E-state index contributed by atoms with van der Waals surface area (Å²) in [5.74, 6) is 0. The SMILES string of the molecule is C=C(C)c1ccc(S)cc1C(=C)C. The van der Waals surface area contributed by atoms with E-state index in [1.54, 1.807) is 0 Å². The van der Waals surface area contributed by atoms with Crippen molar-refractivity contribution >= 4 is 23.8 Å². The number of benzene rings is 1. The van der Waals surface area contributed by atoms with Crippen LogP contribution in [0.5, 0.6) is 0 Å². The molecule has 0 saturated heterocycles. The minimum atomic E-state index is 0.961. The molecule has 0 aliphatic carbocycles. The van der Waals surface area contributed by atoms with Gasteiger partial charge in [-0.25, -0.2) is 0 Å². The molecule has 0 aliphatic heterocycles. The minimum absolute atomic E-state index is 0.961. The third-order valence-electron chi connectivity index (χ3n) is 1.92. The maximum Gasteiger partial charge on any atom is 0.00464 e. The molecule has 0 bridgehead atoms. The first kappa shape index (κ1) is 10.1. The molecule has 13 heavy (non-hydrogen) atoms. The van der Waals surface area contributed by atoms with Crippen molar-refractivity contribution in [2.24, 2.45) is 0 Å². The summed E-state index contributed by atoms with van der Waals surface area (Å²) in [6, 6.07) is 6.03. The monoisotopic (exact) mass is 190 g/mol. The Morgan fingerprint density at radius 3 is 2.08 bits per heavy atom. The average Bonchev–Trinajstić information content (AvgIpc) is 2.03. The van der Waals surface area contributed by atoms with Crippen LogP contribution in [0.25, 0.3) is 11.1 Å². The van der Waals surface area contributed by atoms with Crippen molar-refractivity contribution in [3.05, 3.63) is 42.5 Å². The summed E-state index contributed by atoms with van der Waals surface area (Å²) >= 11 is 4.29. The second kappa shape index (κ2) is 3.84. The summed E-state index contributed by atoms with van der Waals surface area (Å²) in [6.07, 6.45) is 0. The molecule has 1 aromatic carbocycles. The van der Waals surface area contributed by atoms with Crippen LogP contribution in [0.3, 0.4) is 0 Å². The minimum Gasteiger partial charge on any atom is -0.143 e. The largest absolute Gasteiger partial charge is 0.143 e. The lowest BCUT2D eigenvalue weighted by Gasteiger charge is -2.09. The molecular weight excluding hydrogens is 176 g/mol. The Morgan fingerprint density at radius 1 is 1.08 bits per heavy atom. The molecule has 0 N–H and O–H groups in total. The first-order valence-electron chi connectivity index (χ1n) is 4.17. The van der Waals surface area contributed by atoms with Crippen LogP contribution in [0.4, 0.5) is 0 Å². The molecule has 0 heterocycles. The zero-order valence-corrected chi connectivity index (χ0v) is 8.99. The zero-order chi connectivity index (χ0) is 10.0. The Kier molecular flexibility index (Phi) is 2.99. The highest BCUT2D eigenvalue weighted by molar-refractivity contribution is 7.80. The van der Waals surface area contributed by atoms with Gasteiger partial charge in [-0.3, -0.25) is 0 Å². The van der Waals surface area contributed by atoms with Gasteiger partial charge in [0, 0.05) is 4.90 Å². The van der Waals surface area contributed by atoms with Crippen LogP contribution in [0.1, 0.15) is 25.0 Å². The van der Waals surface area contributed by atoms with Crippen molar-refractivity contribution in [3.8, 4) is 0 Å². The molecule has 0 saturated carbocycles. The van der Waals surface area contributed by atoms with Crippen LogP contribution in [0.2, 0.25) is 0 Å². The van der Waals surface area contributed by atoms with E-state index in [0.717, 1.165) is 27.2 Å². The van der Waals surface area contributed by atoms with E-state index in [-0.39, 0.29) is 0 Å². The molecule has 0 radical (unpaired) electrons. The van der Waals surface area contributed by atoms with E-state index >= 15 is 0 Å². The Morgan fingerprint density at radius 2 is 1.62 bits per heavy atom. The van der Waals surface area contributed by atoms with E-state index in [1.807, 2.05) is 32.0 Å². The molecule has 68 valence electrons. The summed E-state index contributed by atoms with van der Waals surface area (Å²) in [5.41, 5.74) is 4.41. The first-order valence-corrected chi connectivity index (χ1v) is 4.62. The maximum atomic E-state index is 4.29. The topological polar surface area (TPSA) is 0 Å². The van der Waals surface area contributed by atoms with Crippen molar-refractivity contribution in [1.29, 1.82) is 0 Å². The Balaban J connectivity index is 3.35. The molecule has 0 spiro atoms. The lowest BCUT2D eigenvalue weighted by Crippen LogP contribution is -1.88. The fraction of sp³-hybridized carbons (Fsp3) is 0.167. The highest BCUT2D eigenvalue weighted by atomic mass is 32.1. The molecule has 0 fully saturated rings. The normalized spacial score (nSPS) is 9.77. The number of rotatable bonds is 2. The van der Waals surface area contributed by atoms with Gasteiger partial charge in [0.1, 0.15) is 0 Å². The van der Waals surface area contributed by atoms with Gasteiger partial charge in [-0.05, 0) is 37.1 Å². The van der Waals surface area contributed by atoms with Crippen LogP contribution in [0.15, 0.2) is 36.3 Å². The van der Waals surface area contributed by atoms with E-state index in [2.05, 4.69) is 25.8 Å². The maximum absolute atomic E-state index is 4.29. The Labute approximate surface area is 85.4 Å². The second-order valence-corrected chi connectivity index (χ2v) is 3.81. The third kappa shape index (κ3) is 2.25. The Hall–Kier alpha value is -0.950. The highest BCUT2D eigenvalue weighted by Gasteiger charge is 2.03. The highest BCUT2D eigenvalue weighted by Crippen LogP contribution is 2.25. The summed E-state index contributed by atoms with van der Waals surface area (Å²) in [6.45, 7) is 11.9. The Bertz CT molecular complexity index is 361. The molecule has 0 atom stereocenters. The fourth-order valence-electron chi connectivity index (χ4n) is 1.26. The second-order valence-electron chi connectivity index (χ2n) is 3.29. The van der Waals surface area contributed by atoms with E-state index in [4.69, 9.17) is 0 Å². The summed E-state index contributed by atoms with van der Waals surface area (Å²) in [7, 11) is 0. The van der Waals surface area contributed by atoms with Crippen molar-refractivity contribution in [2.75, 3.05) is 0 Å². The molecular formula is C12H14S. The number of hydrogen-bond acceptors (Lipinski definition) is 1. The van der Waals surface area contributed by atoms with Gasteiger partial charge >= 0.3 is 0 Å². The van der Waals surface area contributed by atoms with Crippen molar-refractivity contribution < 1.29 is 0 Å². The predicted octanol–water partition coefficient (Wildman–Crippen LogP) is 4.04. The number of hydrogen-bond donors (Lipinski definition) is 1. The first-order chi connectivity index (χ1) is 6.02. The lowest BCUT2D eigenvalue weighted by atomic mass is 9.98. The molecule has 0 unspecified atom stereocenters. The van der Waals surface area contributed by atoms with Gasteiger partial charge in [0.2, 0.25) is 0 Å². The standard InChI is InChI=1S/C12H14S/c1-8(2)11-6-5-10(13)7-12(11)9(3)4/h5-7,13H,1,3H2,2,4H3. The van der Waals surface area contributed by atoms with Crippen LogP contribution in [-0.2, 0) is 0 Å². The average molecular weight is 190 g/mol. The zero-order valence-electron chi connectivity index (χ0n) is 8.09. The third-order valence-corrected chi connectivity index (χ3v) is 2.20. The van der Waals surface area contributed by atoms with Crippen molar-refractivity contribution in [3.63, 3.8) is 0 Å². The molecule has 0 nitrogen and oxygen atoms in total. The summed E-state index contributed by atoms with van der Waals surface area (Å²) < 4.78 is 0. The smallest absolute Gasteiger partial charge is 0.00464 e. The van der Waals surface area contributed by atoms with E-state index in [1.165, 1.54) is 0 Å². The van der Waals surface area contributed by atoms with Gasteiger partial charge < -0.3 is 0 Å². The predicted molar refractivity (Wildman–Crippen MR) is 63.1 cm³/mol. The van der Waals surface area contributed by atoms with Crippen LogP contribution in [-0.4, -0.2) is 0 Å². The van der Waals surface area contributed by atoms with E-state index < -0.39 is 0 Å². The quantitative estimate of drug-likeness (QED) is 0.668. The fourth-order valence-corrected chi connectivity index (χ4v) is 1.46. The van der Waals surface area contributed by atoms with Gasteiger partial charge in [-0.2, -0.15) is 0 Å². The van der Waals surface area contributed by atoms with Gasteiger partial charge in [0.25, 0.3) is 0 Å². The lowest BCUT2D eigenvalue weighted by molar-refractivity contribution is 1.39. The molecule has 0 amide bonds. The van der Waals surface area contributed by atoms with Crippen molar-refractivity contribution in [2.45, 2.75) is 18.7 Å². The molecule has 0 aliphatic rings. The summed E-state index contributed by atoms with van der Waals surface area (Å²) in [4.78, 5) is 0.961. The van der Waals surface area contributed by atoms with Gasteiger partial charge in [-0.1, -0.05) is 30.4 Å². The molecule has 1 heteroatoms. The van der Waals surface area contributed by atoms with E-state index in [9.17, 15) is 0 Å². The van der Waals surface area contributed by atoms with Gasteiger partial charge in [0.15, 0.2) is 0 Å². The van der Waals surface area contributed by atoms with Gasteiger partial charge in [0.05, 0.1) is 0 Å². The van der Waals surface area contributed by atoms with Gasteiger partial charge in [-0.15, -0.1) is 12.6 Å². The van der Waals surface area contributed by atoms with Crippen LogP contribution < -0.4 is 0 Å². The van der Waals surface area contributed by atoms with Crippen LogP contribution in [0, 0.1) is 0 Å². The van der Waals surface area contributed by atoms with Crippen LogP contribution >= 0.6 is 12.6 Å². The summed E-state index contributed by atoms with van der Waals surface area (Å²) in [5, 5.41) is 0.